The van der Waals surface area contributed by atoms with Crippen LogP contribution in [0.25, 0.3) is 5.57 Å². The van der Waals surface area contributed by atoms with Gasteiger partial charge in [0, 0.05) is 11.7 Å². The van der Waals surface area contributed by atoms with E-state index in [1.807, 2.05) is 13.8 Å². The van der Waals surface area contributed by atoms with Gasteiger partial charge in [0.15, 0.2) is 0 Å². The lowest BCUT2D eigenvalue weighted by Gasteiger charge is -2.19. The van der Waals surface area contributed by atoms with Gasteiger partial charge in [-0.2, -0.15) is 13.2 Å². The zero-order valence-electron chi connectivity index (χ0n) is 17.6. The van der Waals surface area contributed by atoms with E-state index in [4.69, 9.17) is 4.74 Å². The number of alkyl halides is 3. The number of anilines is 1. The minimum absolute atomic E-state index is 0.0330. The summed E-state index contributed by atoms with van der Waals surface area (Å²) in [4.78, 5) is 27.1. The highest BCUT2D eigenvalue weighted by Crippen LogP contribution is 2.34. The second-order valence-corrected chi connectivity index (χ2v) is 7.72. The van der Waals surface area contributed by atoms with Crippen molar-refractivity contribution >= 4 is 23.1 Å². The number of nitrogens with one attached hydrogen (secondary N) is 1. The van der Waals surface area contributed by atoms with Gasteiger partial charge in [0.2, 0.25) is 0 Å². The Morgan fingerprint density at radius 3 is 2.13 bits per heavy atom. The molecule has 0 radical (unpaired) electrons. The molecular weight excluding hydrogens is 409 g/mol. The molecule has 0 aliphatic carbocycles. The number of nitrogens with zero attached hydrogens (tertiary/aromatic N) is 1. The molecule has 2 aromatic rings. The molecule has 1 N–H and O–H groups in total. The predicted molar refractivity (Wildman–Crippen MR) is 111 cm³/mol. The van der Waals surface area contributed by atoms with Crippen molar-refractivity contribution in [3.8, 4) is 5.75 Å². The molecule has 1 heterocycles. The summed E-state index contributed by atoms with van der Waals surface area (Å²) in [5.41, 5.74) is -0.281. The molecule has 31 heavy (non-hydrogen) atoms. The number of imide groups is 1. The number of halogens is 3. The van der Waals surface area contributed by atoms with Crippen LogP contribution in [0.5, 0.6) is 5.75 Å². The van der Waals surface area contributed by atoms with Crippen LogP contribution >= 0.6 is 0 Å². The molecule has 5 nitrogen and oxygen atoms in total. The maximum Gasteiger partial charge on any atom is 0.416 e. The van der Waals surface area contributed by atoms with E-state index >= 15 is 0 Å². The number of benzene rings is 2. The van der Waals surface area contributed by atoms with Crippen LogP contribution in [-0.4, -0.2) is 28.9 Å². The van der Waals surface area contributed by atoms with Gasteiger partial charge in [-0.1, -0.05) is 18.2 Å². The second-order valence-electron chi connectivity index (χ2n) is 7.72. The maximum atomic E-state index is 13.1. The van der Waals surface area contributed by atoms with Crippen molar-refractivity contribution in [1.29, 1.82) is 0 Å². The molecular formula is C23H23F3N2O3. The SMILES string of the molecule is CC(C)Oc1ccc(C2=C(Nc3cccc(C(F)(F)F)c3)C(=O)N(C(C)C)C2=O)cc1. The van der Waals surface area contributed by atoms with Crippen LogP contribution in [0.1, 0.15) is 38.8 Å². The lowest BCUT2D eigenvalue weighted by atomic mass is 10.0. The fraction of sp³-hybridized carbons (Fsp3) is 0.304. The van der Waals surface area contributed by atoms with Crippen molar-refractivity contribution in [3.63, 3.8) is 0 Å². The summed E-state index contributed by atoms with van der Waals surface area (Å²) in [6, 6.07) is 10.7. The number of carbonyl (C=O) groups is 2. The fourth-order valence-corrected chi connectivity index (χ4v) is 3.29. The highest BCUT2D eigenvalue weighted by molar-refractivity contribution is 6.36. The lowest BCUT2D eigenvalue weighted by Crippen LogP contribution is -2.38. The molecule has 1 aliphatic rings. The van der Waals surface area contributed by atoms with Gasteiger partial charge in [-0.25, -0.2) is 0 Å². The Balaban J connectivity index is 2.04. The molecule has 0 spiro atoms. The number of ether oxygens (including phenoxy) is 1. The van der Waals surface area contributed by atoms with Gasteiger partial charge < -0.3 is 10.1 Å². The van der Waals surface area contributed by atoms with Crippen molar-refractivity contribution in [1.82, 2.24) is 4.90 Å². The van der Waals surface area contributed by atoms with Crippen LogP contribution in [0, 0.1) is 0 Å². The van der Waals surface area contributed by atoms with Crippen molar-refractivity contribution in [2.75, 3.05) is 5.32 Å². The molecule has 0 unspecified atom stereocenters. The molecule has 2 amide bonds. The molecule has 0 saturated carbocycles. The Morgan fingerprint density at radius 2 is 1.58 bits per heavy atom. The summed E-state index contributed by atoms with van der Waals surface area (Å²) in [5.74, 6) is -0.494. The molecule has 0 atom stereocenters. The standard InChI is InChI=1S/C23H23F3N2O3/c1-13(2)28-21(29)19(15-8-10-18(11-9-15)31-14(3)4)20(22(28)30)27-17-7-5-6-16(12-17)23(24,25)26/h5-14,27H,1-4H3. The molecule has 3 rings (SSSR count). The number of hydrogen-bond acceptors (Lipinski definition) is 4. The molecule has 0 fully saturated rings. The average Bonchev–Trinajstić information content (AvgIpc) is 2.91. The van der Waals surface area contributed by atoms with Gasteiger partial charge in [-0.3, -0.25) is 14.5 Å². The number of hydrogen-bond donors (Lipinski definition) is 1. The van der Waals surface area contributed by atoms with Gasteiger partial charge in [0.1, 0.15) is 11.4 Å². The van der Waals surface area contributed by atoms with Crippen LogP contribution in [0.3, 0.4) is 0 Å². The maximum absolute atomic E-state index is 13.1. The smallest absolute Gasteiger partial charge is 0.416 e. The fourth-order valence-electron chi connectivity index (χ4n) is 3.29. The van der Waals surface area contributed by atoms with Gasteiger partial charge in [-0.05, 0) is 63.6 Å². The number of carbonyl (C=O) groups excluding carboxylic acids is 2. The Bertz CT molecular complexity index is 1030. The third kappa shape index (κ3) is 4.73. The minimum Gasteiger partial charge on any atom is -0.491 e. The summed E-state index contributed by atoms with van der Waals surface area (Å²) >= 11 is 0. The third-order valence-electron chi connectivity index (χ3n) is 4.61. The first-order valence-corrected chi connectivity index (χ1v) is 9.82. The lowest BCUT2D eigenvalue weighted by molar-refractivity contribution is -0.139. The molecule has 1 aliphatic heterocycles. The molecule has 8 heteroatoms. The Kier molecular flexibility index (Phi) is 6.10. The van der Waals surface area contributed by atoms with Crippen LogP contribution in [0.4, 0.5) is 18.9 Å². The van der Waals surface area contributed by atoms with E-state index in [9.17, 15) is 22.8 Å². The molecule has 0 bridgehead atoms. The van der Waals surface area contributed by atoms with Gasteiger partial charge >= 0.3 is 6.18 Å². The summed E-state index contributed by atoms with van der Waals surface area (Å²) in [6.07, 6.45) is -4.56. The van der Waals surface area contributed by atoms with Crippen LogP contribution in [0.2, 0.25) is 0 Å². The van der Waals surface area contributed by atoms with Crippen LogP contribution in [0.15, 0.2) is 54.2 Å². The zero-order valence-corrected chi connectivity index (χ0v) is 17.6. The van der Waals surface area contributed by atoms with E-state index in [1.54, 1.807) is 38.1 Å². The molecule has 164 valence electrons. The van der Waals surface area contributed by atoms with E-state index in [2.05, 4.69) is 5.32 Å². The summed E-state index contributed by atoms with van der Waals surface area (Å²) in [5, 5.41) is 2.75. The monoisotopic (exact) mass is 432 g/mol. The highest BCUT2D eigenvalue weighted by atomic mass is 19.4. The minimum atomic E-state index is -4.53. The van der Waals surface area contributed by atoms with Crippen LogP contribution < -0.4 is 10.1 Å². The number of rotatable bonds is 6. The molecule has 2 aromatic carbocycles. The summed E-state index contributed by atoms with van der Waals surface area (Å²) in [7, 11) is 0. The summed E-state index contributed by atoms with van der Waals surface area (Å²) < 4.78 is 44.8. The Labute approximate surface area is 178 Å². The van der Waals surface area contributed by atoms with Gasteiger partial charge in [0.25, 0.3) is 11.8 Å². The van der Waals surface area contributed by atoms with Crippen molar-refractivity contribution < 1.29 is 27.5 Å². The average molecular weight is 432 g/mol. The van der Waals surface area contributed by atoms with Crippen molar-refractivity contribution in [2.45, 2.75) is 46.0 Å². The van der Waals surface area contributed by atoms with Gasteiger partial charge in [0.05, 0.1) is 17.2 Å². The largest absolute Gasteiger partial charge is 0.491 e. The van der Waals surface area contributed by atoms with E-state index in [0.717, 1.165) is 17.0 Å². The van der Waals surface area contributed by atoms with Crippen LogP contribution in [-0.2, 0) is 15.8 Å². The normalized spacial score (nSPS) is 14.8. The van der Waals surface area contributed by atoms with E-state index < -0.39 is 29.6 Å². The zero-order chi connectivity index (χ0) is 22.9. The Morgan fingerprint density at radius 1 is 0.935 bits per heavy atom. The first-order valence-electron chi connectivity index (χ1n) is 9.82. The van der Waals surface area contributed by atoms with Crippen molar-refractivity contribution in [3.05, 3.63) is 65.4 Å². The first kappa shape index (κ1) is 22.4. The topological polar surface area (TPSA) is 58.6 Å². The quantitative estimate of drug-likeness (QED) is 0.646. The Hall–Kier alpha value is -3.29. The third-order valence-corrected chi connectivity index (χ3v) is 4.61. The molecule has 0 saturated heterocycles. The second kappa shape index (κ2) is 8.45. The van der Waals surface area contributed by atoms with Gasteiger partial charge in [-0.15, -0.1) is 0 Å². The van der Waals surface area contributed by atoms with Crippen molar-refractivity contribution in [2.24, 2.45) is 0 Å². The number of amides is 2. The predicted octanol–water partition coefficient (Wildman–Crippen LogP) is 5.09. The highest BCUT2D eigenvalue weighted by Gasteiger charge is 2.40. The van der Waals surface area contributed by atoms with E-state index in [1.165, 1.54) is 12.1 Å². The van der Waals surface area contributed by atoms with E-state index in [-0.39, 0.29) is 23.1 Å². The summed E-state index contributed by atoms with van der Waals surface area (Å²) in [6.45, 7) is 7.15. The first-order chi connectivity index (χ1) is 14.5. The molecule has 0 aromatic heterocycles. The van der Waals surface area contributed by atoms with E-state index in [0.29, 0.717) is 11.3 Å².